The number of pyridine rings is 1. The Morgan fingerprint density at radius 2 is 1.67 bits per heavy atom. The highest BCUT2D eigenvalue weighted by molar-refractivity contribution is 5.51. The van der Waals surface area contributed by atoms with Gasteiger partial charge in [-0.2, -0.15) is 0 Å². The molecule has 0 aliphatic carbocycles. The number of aromatic nitrogens is 1. The molecule has 0 N–H and O–H groups in total. The minimum absolute atomic E-state index is 0.777. The standard InChI is InChI=1S/C23H32N4/c1-20-19-24-11-7-23(20)27-17-15-26(16-18-27)22-9-13-25(14-10-22)12-8-21-5-3-2-4-6-21/h2-7,11,19,22H,8-10,12-18H2,1H3. The van der Waals surface area contributed by atoms with E-state index >= 15 is 0 Å². The highest BCUT2D eigenvalue weighted by Crippen LogP contribution is 2.23. The maximum absolute atomic E-state index is 4.23. The fourth-order valence-electron chi connectivity index (χ4n) is 4.59. The van der Waals surface area contributed by atoms with Crippen LogP contribution in [0.5, 0.6) is 0 Å². The Bertz CT molecular complexity index is 701. The minimum Gasteiger partial charge on any atom is -0.369 e. The van der Waals surface area contributed by atoms with Gasteiger partial charge in [0.25, 0.3) is 0 Å². The number of rotatable bonds is 5. The average molecular weight is 365 g/mol. The van der Waals surface area contributed by atoms with E-state index in [0.29, 0.717) is 0 Å². The molecule has 0 unspecified atom stereocenters. The van der Waals surface area contributed by atoms with E-state index in [1.807, 2.05) is 12.4 Å². The number of anilines is 1. The van der Waals surface area contributed by atoms with Crippen LogP contribution in [-0.4, -0.2) is 66.6 Å². The van der Waals surface area contributed by atoms with E-state index in [9.17, 15) is 0 Å². The highest BCUT2D eigenvalue weighted by atomic mass is 15.3. The predicted octanol–water partition coefficient (Wildman–Crippen LogP) is 3.22. The number of aryl methyl sites for hydroxylation is 1. The first-order valence-electron chi connectivity index (χ1n) is 10.5. The summed E-state index contributed by atoms with van der Waals surface area (Å²) in [5.41, 5.74) is 4.11. The van der Waals surface area contributed by atoms with Gasteiger partial charge in [-0.05, 0) is 56.5 Å². The number of nitrogens with zero attached hydrogens (tertiary/aromatic N) is 4. The molecule has 4 rings (SSSR count). The zero-order chi connectivity index (χ0) is 18.5. The molecular weight excluding hydrogens is 332 g/mol. The lowest BCUT2D eigenvalue weighted by atomic mass is 10.0. The van der Waals surface area contributed by atoms with Gasteiger partial charge in [0, 0.05) is 56.8 Å². The maximum atomic E-state index is 4.23. The van der Waals surface area contributed by atoms with Crippen molar-refractivity contribution in [1.29, 1.82) is 0 Å². The van der Waals surface area contributed by atoms with Gasteiger partial charge < -0.3 is 9.80 Å². The summed E-state index contributed by atoms with van der Waals surface area (Å²) in [5, 5.41) is 0. The first kappa shape index (κ1) is 18.5. The van der Waals surface area contributed by atoms with E-state index in [2.05, 4.69) is 63.0 Å². The molecule has 2 aromatic rings. The van der Waals surface area contributed by atoms with Crippen molar-refractivity contribution in [3.63, 3.8) is 0 Å². The van der Waals surface area contributed by atoms with Crippen LogP contribution in [0.15, 0.2) is 48.8 Å². The van der Waals surface area contributed by atoms with Gasteiger partial charge in [-0.25, -0.2) is 0 Å². The van der Waals surface area contributed by atoms with Crippen molar-refractivity contribution in [3.8, 4) is 0 Å². The molecule has 3 heterocycles. The smallest absolute Gasteiger partial charge is 0.0427 e. The second-order valence-electron chi connectivity index (χ2n) is 7.99. The van der Waals surface area contributed by atoms with Crippen LogP contribution in [0.4, 0.5) is 5.69 Å². The van der Waals surface area contributed by atoms with Crippen LogP contribution in [0.3, 0.4) is 0 Å². The second kappa shape index (κ2) is 8.85. The number of benzene rings is 1. The Hall–Kier alpha value is -1.91. The van der Waals surface area contributed by atoms with E-state index in [0.717, 1.165) is 19.1 Å². The molecule has 0 saturated carbocycles. The molecule has 2 aliphatic heterocycles. The predicted molar refractivity (Wildman–Crippen MR) is 112 cm³/mol. The zero-order valence-corrected chi connectivity index (χ0v) is 16.6. The normalized spacial score (nSPS) is 20.1. The van der Waals surface area contributed by atoms with Crippen LogP contribution in [0, 0.1) is 6.92 Å². The van der Waals surface area contributed by atoms with Gasteiger partial charge in [0.05, 0.1) is 0 Å². The Morgan fingerprint density at radius 1 is 0.926 bits per heavy atom. The van der Waals surface area contributed by atoms with Gasteiger partial charge in [-0.1, -0.05) is 30.3 Å². The van der Waals surface area contributed by atoms with Crippen molar-refractivity contribution in [3.05, 3.63) is 59.9 Å². The summed E-state index contributed by atoms with van der Waals surface area (Å²) in [6.07, 6.45) is 7.72. The summed E-state index contributed by atoms with van der Waals surface area (Å²) in [5.74, 6) is 0. The quantitative estimate of drug-likeness (QED) is 0.812. The average Bonchev–Trinajstić information content (AvgIpc) is 2.74. The van der Waals surface area contributed by atoms with Crippen molar-refractivity contribution in [1.82, 2.24) is 14.8 Å². The largest absolute Gasteiger partial charge is 0.369 e. The SMILES string of the molecule is Cc1cnccc1N1CCN(C2CCN(CCc3ccccc3)CC2)CC1. The lowest BCUT2D eigenvalue weighted by Crippen LogP contribution is -2.53. The first-order chi connectivity index (χ1) is 13.3. The van der Waals surface area contributed by atoms with Crippen LogP contribution in [0.2, 0.25) is 0 Å². The summed E-state index contributed by atoms with van der Waals surface area (Å²) in [4.78, 5) is 12.1. The maximum Gasteiger partial charge on any atom is 0.0427 e. The summed E-state index contributed by atoms with van der Waals surface area (Å²) >= 11 is 0. The van der Waals surface area contributed by atoms with E-state index < -0.39 is 0 Å². The summed E-state index contributed by atoms with van der Waals surface area (Å²) < 4.78 is 0. The Labute approximate surface area is 163 Å². The topological polar surface area (TPSA) is 22.6 Å². The minimum atomic E-state index is 0.777. The molecule has 0 radical (unpaired) electrons. The number of piperidine rings is 1. The lowest BCUT2D eigenvalue weighted by Gasteiger charge is -2.43. The highest BCUT2D eigenvalue weighted by Gasteiger charge is 2.27. The zero-order valence-electron chi connectivity index (χ0n) is 16.6. The van der Waals surface area contributed by atoms with E-state index in [4.69, 9.17) is 0 Å². The van der Waals surface area contributed by atoms with Gasteiger partial charge in [0.15, 0.2) is 0 Å². The first-order valence-corrected chi connectivity index (χ1v) is 10.5. The van der Waals surface area contributed by atoms with Crippen LogP contribution in [0.25, 0.3) is 0 Å². The molecule has 144 valence electrons. The van der Waals surface area contributed by atoms with E-state index in [-0.39, 0.29) is 0 Å². The third kappa shape index (κ3) is 4.69. The van der Waals surface area contributed by atoms with Gasteiger partial charge in [0.2, 0.25) is 0 Å². The molecule has 1 aromatic heterocycles. The molecule has 2 saturated heterocycles. The van der Waals surface area contributed by atoms with Crippen LogP contribution >= 0.6 is 0 Å². The van der Waals surface area contributed by atoms with Crippen LogP contribution in [0.1, 0.15) is 24.0 Å². The van der Waals surface area contributed by atoms with Gasteiger partial charge in [0.1, 0.15) is 0 Å². The molecule has 1 aromatic carbocycles. The molecule has 2 aliphatic rings. The molecule has 4 heteroatoms. The summed E-state index contributed by atoms with van der Waals surface area (Å²) in [7, 11) is 0. The molecule has 0 atom stereocenters. The lowest BCUT2D eigenvalue weighted by molar-refractivity contribution is 0.104. The van der Waals surface area contributed by atoms with Crippen molar-refractivity contribution < 1.29 is 0 Å². The van der Waals surface area contributed by atoms with Gasteiger partial charge in [-0.3, -0.25) is 9.88 Å². The van der Waals surface area contributed by atoms with Crippen LogP contribution in [-0.2, 0) is 6.42 Å². The third-order valence-electron chi connectivity index (χ3n) is 6.28. The van der Waals surface area contributed by atoms with E-state index in [1.165, 1.54) is 68.8 Å². The van der Waals surface area contributed by atoms with E-state index in [1.54, 1.807) is 0 Å². The molecule has 0 bridgehead atoms. The van der Waals surface area contributed by atoms with Crippen LogP contribution < -0.4 is 4.90 Å². The number of piperazine rings is 1. The van der Waals surface area contributed by atoms with Gasteiger partial charge in [-0.15, -0.1) is 0 Å². The molecular formula is C23H32N4. The third-order valence-corrected chi connectivity index (χ3v) is 6.28. The molecule has 0 spiro atoms. The second-order valence-corrected chi connectivity index (χ2v) is 7.99. The number of likely N-dealkylation sites (tertiary alicyclic amines) is 1. The fourth-order valence-corrected chi connectivity index (χ4v) is 4.59. The van der Waals surface area contributed by atoms with Gasteiger partial charge >= 0.3 is 0 Å². The Morgan fingerprint density at radius 3 is 2.37 bits per heavy atom. The molecule has 0 amide bonds. The number of hydrogen-bond acceptors (Lipinski definition) is 4. The summed E-state index contributed by atoms with van der Waals surface area (Å²) in [6, 6.07) is 13.8. The van der Waals surface area contributed by atoms with Crippen molar-refractivity contribution in [2.24, 2.45) is 0 Å². The summed E-state index contributed by atoms with van der Waals surface area (Å²) in [6.45, 7) is 10.5. The molecule has 27 heavy (non-hydrogen) atoms. The number of hydrogen-bond donors (Lipinski definition) is 0. The monoisotopic (exact) mass is 364 g/mol. The van der Waals surface area contributed by atoms with Crippen molar-refractivity contribution >= 4 is 5.69 Å². The molecule has 4 nitrogen and oxygen atoms in total. The fraction of sp³-hybridized carbons (Fsp3) is 0.522. The Balaban J connectivity index is 1.21. The molecule has 2 fully saturated rings. The van der Waals surface area contributed by atoms with Crippen molar-refractivity contribution in [2.45, 2.75) is 32.2 Å². The van der Waals surface area contributed by atoms with Crippen molar-refractivity contribution in [2.75, 3.05) is 50.7 Å². The Kier molecular flexibility index (Phi) is 6.05.